The Morgan fingerprint density at radius 1 is 1.32 bits per heavy atom. The number of ketones is 1. The number of nitrogens with zero attached hydrogens (tertiary/aromatic N) is 2. The lowest BCUT2D eigenvalue weighted by Crippen LogP contribution is -2.06. The first-order valence-corrected chi connectivity index (χ1v) is 6.80. The first-order valence-electron chi connectivity index (χ1n) is 6.80. The van der Waals surface area contributed by atoms with Crippen LogP contribution in [0.4, 0.5) is 0 Å². The zero-order chi connectivity index (χ0) is 13.2. The van der Waals surface area contributed by atoms with Crippen molar-refractivity contribution in [3.8, 4) is 0 Å². The Bertz CT molecular complexity index is 573. The van der Waals surface area contributed by atoms with Gasteiger partial charge in [-0.2, -0.15) is 5.10 Å². The second kappa shape index (κ2) is 5.00. The lowest BCUT2D eigenvalue weighted by Gasteiger charge is -2.02. The Morgan fingerprint density at radius 2 is 2.11 bits per heavy atom. The molecule has 1 saturated carbocycles. The SMILES string of the molecule is Cn1nccc1CCC(=O)C1CC1c1ccccc1. The molecule has 2 unspecified atom stereocenters. The van der Waals surface area contributed by atoms with E-state index in [1.165, 1.54) is 5.56 Å². The molecule has 0 spiro atoms. The highest BCUT2D eigenvalue weighted by molar-refractivity contribution is 5.85. The van der Waals surface area contributed by atoms with Crippen LogP contribution < -0.4 is 0 Å². The standard InChI is InChI=1S/C16H18N2O/c1-18-13(9-10-17-18)7-8-16(19)15-11-14(15)12-5-3-2-4-6-12/h2-6,9-10,14-15H,7-8,11H2,1H3. The van der Waals surface area contributed by atoms with Gasteiger partial charge in [-0.1, -0.05) is 30.3 Å². The summed E-state index contributed by atoms with van der Waals surface area (Å²) >= 11 is 0. The minimum absolute atomic E-state index is 0.246. The summed E-state index contributed by atoms with van der Waals surface area (Å²) in [5.74, 6) is 1.10. The van der Waals surface area contributed by atoms with E-state index in [1.807, 2.05) is 36.0 Å². The van der Waals surface area contributed by atoms with Crippen molar-refractivity contribution >= 4 is 5.78 Å². The fourth-order valence-corrected chi connectivity index (χ4v) is 2.70. The summed E-state index contributed by atoms with van der Waals surface area (Å²) in [4.78, 5) is 12.2. The summed E-state index contributed by atoms with van der Waals surface area (Å²) in [6.45, 7) is 0. The largest absolute Gasteiger partial charge is 0.299 e. The van der Waals surface area contributed by atoms with Gasteiger partial charge in [-0.3, -0.25) is 9.48 Å². The molecule has 3 rings (SSSR count). The average molecular weight is 254 g/mol. The van der Waals surface area contributed by atoms with E-state index in [2.05, 4.69) is 17.2 Å². The molecule has 0 amide bonds. The Balaban J connectivity index is 1.55. The van der Waals surface area contributed by atoms with Crippen molar-refractivity contribution in [2.24, 2.45) is 13.0 Å². The molecular weight excluding hydrogens is 236 g/mol. The van der Waals surface area contributed by atoms with Gasteiger partial charge in [0.05, 0.1) is 0 Å². The molecule has 3 heteroatoms. The Hall–Kier alpha value is -1.90. The first-order chi connectivity index (χ1) is 9.25. The van der Waals surface area contributed by atoms with Crippen LogP contribution >= 0.6 is 0 Å². The Labute approximate surface area is 113 Å². The van der Waals surface area contributed by atoms with Crippen LogP contribution in [0.3, 0.4) is 0 Å². The summed E-state index contributed by atoms with van der Waals surface area (Å²) in [5, 5.41) is 4.12. The van der Waals surface area contributed by atoms with Crippen molar-refractivity contribution < 1.29 is 4.79 Å². The van der Waals surface area contributed by atoms with E-state index in [0.29, 0.717) is 18.1 Å². The molecule has 3 nitrogen and oxygen atoms in total. The van der Waals surface area contributed by atoms with Gasteiger partial charge in [0.15, 0.2) is 0 Å². The van der Waals surface area contributed by atoms with Crippen molar-refractivity contribution in [2.75, 3.05) is 0 Å². The van der Waals surface area contributed by atoms with Crippen LogP contribution in [0, 0.1) is 5.92 Å². The van der Waals surface area contributed by atoms with Gasteiger partial charge in [0.1, 0.15) is 5.78 Å². The maximum absolute atomic E-state index is 12.2. The molecule has 0 bridgehead atoms. The molecular formula is C16H18N2O. The zero-order valence-corrected chi connectivity index (χ0v) is 11.1. The third kappa shape index (κ3) is 2.60. The maximum atomic E-state index is 12.2. The van der Waals surface area contributed by atoms with Gasteiger partial charge in [-0.15, -0.1) is 0 Å². The highest BCUT2D eigenvalue weighted by Gasteiger charge is 2.42. The monoisotopic (exact) mass is 254 g/mol. The topological polar surface area (TPSA) is 34.9 Å². The predicted molar refractivity (Wildman–Crippen MR) is 73.8 cm³/mol. The van der Waals surface area contributed by atoms with Crippen LogP contribution in [0.15, 0.2) is 42.6 Å². The third-order valence-electron chi connectivity index (χ3n) is 3.98. The van der Waals surface area contributed by atoms with E-state index >= 15 is 0 Å². The minimum Gasteiger partial charge on any atom is -0.299 e. The van der Waals surface area contributed by atoms with Crippen LogP contribution in [-0.2, 0) is 18.3 Å². The number of Topliss-reactive ketones (excluding diaryl/α,β-unsaturated/α-hetero) is 1. The molecule has 2 aromatic rings. The summed E-state index contributed by atoms with van der Waals surface area (Å²) in [6, 6.07) is 12.3. The number of benzene rings is 1. The lowest BCUT2D eigenvalue weighted by atomic mass is 10.0. The number of hydrogen-bond donors (Lipinski definition) is 0. The first kappa shape index (κ1) is 12.2. The van der Waals surface area contributed by atoms with Gasteiger partial charge in [-0.25, -0.2) is 0 Å². The second-order valence-electron chi connectivity index (χ2n) is 5.27. The van der Waals surface area contributed by atoms with Gasteiger partial charge in [0, 0.05) is 31.3 Å². The number of carbonyl (C=O) groups excluding carboxylic acids is 1. The second-order valence-corrected chi connectivity index (χ2v) is 5.27. The fourth-order valence-electron chi connectivity index (χ4n) is 2.70. The Morgan fingerprint density at radius 3 is 2.79 bits per heavy atom. The van der Waals surface area contributed by atoms with E-state index in [9.17, 15) is 4.79 Å². The molecule has 19 heavy (non-hydrogen) atoms. The highest BCUT2D eigenvalue weighted by atomic mass is 16.1. The van der Waals surface area contributed by atoms with Gasteiger partial charge in [-0.05, 0) is 30.4 Å². The summed E-state index contributed by atoms with van der Waals surface area (Å²) in [5.41, 5.74) is 2.44. The van der Waals surface area contributed by atoms with Crippen molar-refractivity contribution in [1.29, 1.82) is 0 Å². The molecule has 1 aromatic carbocycles. The summed E-state index contributed by atoms with van der Waals surface area (Å²) in [7, 11) is 1.92. The maximum Gasteiger partial charge on any atom is 0.136 e. The van der Waals surface area contributed by atoms with Crippen molar-refractivity contribution in [1.82, 2.24) is 9.78 Å². The molecule has 98 valence electrons. The summed E-state index contributed by atoms with van der Waals surface area (Å²) < 4.78 is 1.84. The molecule has 1 aromatic heterocycles. The lowest BCUT2D eigenvalue weighted by molar-refractivity contribution is -0.120. The molecule has 0 saturated heterocycles. The van der Waals surface area contributed by atoms with E-state index in [4.69, 9.17) is 0 Å². The van der Waals surface area contributed by atoms with Crippen molar-refractivity contribution in [3.05, 3.63) is 53.9 Å². The number of aromatic nitrogens is 2. The molecule has 1 aliphatic rings. The van der Waals surface area contributed by atoms with E-state index < -0.39 is 0 Å². The zero-order valence-electron chi connectivity index (χ0n) is 11.1. The molecule has 1 heterocycles. The predicted octanol–water partition coefficient (Wildman–Crippen LogP) is 2.73. The third-order valence-corrected chi connectivity index (χ3v) is 3.98. The van der Waals surface area contributed by atoms with Gasteiger partial charge in [0.2, 0.25) is 0 Å². The van der Waals surface area contributed by atoms with Crippen LogP contribution in [0.25, 0.3) is 0 Å². The highest BCUT2D eigenvalue weighted by Crippen LogP contribution is 2.48. The fraction of sp³-hybridized carbons (Fsp3) is 0.375. The van der Waals surface area contributed by atoms with Gasteiger partial charge in [0.25, 0.3) is 0 Å². The number of aryl methyl sites for hydroxylation is 2. The number of carbonyl (C=O) groups is 1. The van der Waals surface area contributed by atoms with E-state index in [-0.39, 0.29) is 5.92 Å². The molecule has 2 atom stereocenters. The van der Waals surface area contributed by atoms with Crippen LogP contribution in [0.1, 0.15) is 30.0 Å². The van der Waals surface area contributed by atoms with Gasteiger partial charge < -0.3 is 0 Å². The number of rotatable bonds is 5. The number of hydrogen-bond acceptors (Lipinski definition) is 2. The smallest absolute Gasteiger partial charge is 0.136 e. The van der Waals surface area contributed by atoms with E-state index in [0.717, 1.165) is 18.5 Å². The minimum atomic E-state index is 0.246. The van der Waals surface area contributed by atoms with Crippen molar-refractivity contribution in [2.45, 2.75) is 25.2 Å². The summed E-state index contributed by atoms with van der Waals surface area (Å²) in [6.07, 6.45) is 4.23. The Kier molecular flexibility index (Phi) is 3.20. The molecule has 0 aliphatic heterocycles. The van der Waals surface area contributed by atoms with E-state index in [1.54, 1.807) is 6.20 Å². The average Bonchev–Trinajstić information content (AvgIpc) is 3.14. The molecule has 0 radical (unpaired) electrons. The van der Waals surface area contributed by atoms with Gasteiger partial charge >= 0.3 is 0 Å². The van der Waals surface area contributed by atoms with Crippen LogP contribution in [0.5, 0.6) is 0 Å². The van der Waals surface area contributed by atoms with Crippen LogP contribution in [0.2, 0.25) is 0 Å². The van der Waals surface area contributed by atoms with Crippen molar-refractivity contribution in [3.63, 3.8) is 0 Å². The molecule has 0 N–H and O–H groups in total. The molecule has 1 fully saturated rings. The quantitative estimate of drug-likeness (QED) is 0.822. The normalized spacial score (nSPS) is 21.3. The molecule has 1 aliphatic carbocycles. The van der Waals surface area contributed by atoms with Crippen LogP contribution in [-0.4, -0.2) is 15.6 Å².